The van der Waals surface area contributed by atoms with Gasteiger partial charge in [0.2, 0.25) is 5.91 Å². The van der Waals surface area contributed by atoms with E-state index in [2.05, 4.69) is 5.32 Å². The van der Waals surface area contributed by atoms with Crippen LogP contribution in [0.15, 0.2) is 54.6 Å². The average molecular weight is 339 g/mol. The molecule has 0 saturated carbocycles. The van der Waals surface area contributed by atoms with Crippen molar-refractivity contribution in [3.63, 3.8) is 0 Å². The van der Waals surface area contributed by atoms with Gasteiger partial charge in [0.05, 0.1) is 0 Å². The van der Waals surface area contributed by atoms with Gasteiger partial charge in [0, 0.05) is 17.5 Å². The first-order valence-electron chi connectivity index (χ1n) is 8.06. The molecule has 0 spiro atoms. The molecule has 0 saturated heterocycles. The number of benzene rings is 2. The highest BCUT2D eigenvalue weighted by Gasteiger charge is 2.31. The zero-order valence-electron chi connectivity index (χ0n) is 14.5. The van der Waals surface area contributed by atoms with Gasteiger partial charge in [-0.1, -0.05) is 37.3 Å². The van der Waals surface area contributed by atoms with E-state index in [1.165, 1.54) is 0 Å². The fraction of sp³-hybridized carbons (Fsp3) is 0.250. The zero-order valence-corrected chi connectivity index (χ0v) is 14.5. The van der Waals surface area contributed by atoms with E-state index in [4.69, 9.17) is 4.74 Å². The largest absolute Gasteiger partial charge is 0.425 e. The standard InChI is InChI=1S/C20H21NO4/c1-4-17(22)21-20(2,3)19(24)25-16-12-10-15(11-13-16)18(23)14-8-6-5-7-9-14/h5-13H,4H2,1-3H3,(H,21,22). The number of carbonyl (C=O) groups excluding carboxylic acids is 3. The Balaban J connectivity index is 2.06. The normalized spacial score (nSPS) is 10.8. The van der Waals surface area contributed by atoms with Crippen LogP contribution in [0.3, 0.4) is 0 Å². The second-order valence-corrected chi connectivity index (χ2v) is 6.14. The van der Waals surface area contributed by atoms with E-state index in [1.807, 2.05) is 6.07 Å². The number of hydrogen-bond donors (Lipinski definition) is 1. The molecular formula is C20H21NO4. The molecule has 0 aromatic heterocycles. The molecule has 0 bridgehead atoms. The molecule has 2 aromatic rings. The van der Waals surface area contributed by atoms with Gasteiger partial charge in [-0.05, 0) is 38.1 Å². The molecule has 0 heterocycles. The molecule has 5 heteroatoms. The SMILES string of the molecule is CCC(=O)NC(C)(C)C(=O)Oc1ccc(C(=O)c2ccccc2)cc1. The fourth-order valence-corrected chi connectivity index (χ4v) is 2.15. The molecule has 0 unspecified atom stereocenters. The van der Waals surface area contributed by atoms with Gasteiger partial charge in [-0.25, -0.2) is 4.79 Å². The fourth-order valence-electron chi connectivity index (χ4n) is 2.15. The van der Waals surface area contributed by atoms with Crippen LogP contribution in [0.5, 0.6) is 5.75 Å². The molecule has 2 aromatic carbocycles. The summed E-state index contributed by atoms with van der Waals surface area (Å²) in [4.78, 5) is 36.0. The highest BCUT2D eigenvalue weighted by Crippen LogP contribution is 2.17. The summed E-state index contributed by atoms with van der Waals surface area (Å²) >= 11 is 0. The van der Waals surface area contributed by atoms with Gasteiger partial charge in [-0.2, -0.15) is 0 Å². The zero-order chi connectivity index (χ0) is 18.4. The van der Waals surface area contributed by atoms with Crippen LogP contribution in [0.2, 0.25) is 0 Å². The van der Waals surface area contributed by atoms with Crippen LogP contribution in [0, 0.1) is 0 Å². The Morgan fingerprint density at radius 2 is 1.48 bits per heavy atom. The third-order valence-corrected chi connectivity index (χ3v) is 3.65. The van der Waals surface area contributed by atoms with Gasteiger partial charge in [-0.15, -0.1) is 0 Å². The van der Waals surface area contributed by atoms with E-state index >= 15 is 0 Å². The average Bonchev–Trinajstić information content (AvgIpc) is 2.62. The first-order chi connectivity index (χ1) is 11.8. The maximum absolute atomic E-state index is 12.3. The minimum absolute atomic E-state index is 0.103. The van der Waals surface area contributed by atoms with E-state index in [0.29, 0.717) is 16.9 Å². The second kappa shape index (κ2) is 7.75. The predicted molar refractivity (Wildman–Crippen MR) is 94.5 cm³/mol. The predicted octanol–water partition coefficient (Wildman–Crippen LogP) is 3.13. The summed E-state index contributed by atoms with van der Waals surface area (Å²) in [6.45, 7) is 4.87. The lowest BCUT2D eigenvalue weighted by Crippen LogP contribution is -2.51. The monoisotopic (exact) mass is 339 g/mol. The minimum atomic E-state index is -1.13. The van der Waals surface area contributed by atoms with Crippen LogP contribution < -0.4 is 10.1 Å². The second-order valence-electron chi connectivity index (χ2n) is 6.14. The number of rotatable bonds is 6. The van der Waals surface area contributed by atoms with Gasteiger partial charge in [0.25, 0.3) is 0 Å². The highest BCUT2D eigenvalue weighted by molar-refractivity contribution is 6.09. The van der Waals surface area contributed by atoms with Crippen LogP contribution in [0.25, 0.3) is 0 Å². The maximum atomic E-state index is 12.3. The summed E-state index contributed by atoms with van der Waals surface area (Å²) in [5.41, 5.74) is -0.0359. The summed E-state index contributed by atoms with van der Waals surface area (Å²) < 4.78 is 5.30. The molecule has 1 amide bonds. The first-order valence-corrected chi connectivity index (χ1v) is 8.06. The van der Waals surface area contributed by atoms with Gasteiger partial charge >= 0.3 is 5.97 Å². The van der Waals surface area contributed by atoms with E-state index in [-0.39, 0.29) is 18.1 Å². The third kappa shape index (κ3) is 4.76. The number of hydrogen-bond acceptors (Lipinski definition) is 4. The van der Waals surface area contributed by atoms with Crippen LogP contribution in [-0.2, 0) is 9.59 Å². The molecule has 0 aliphatic heterocycles. The van der Waals surface area contributed by atoms with Crippen molar-refractivity contribution in [1.82, 2.24) is 5.32 Å². The number of ether oxygens (including phenoxy) is 1. The third-order valence-electron chi connectivity index (χ3n) is 3.65. The van der Waals surface area contributed by atoms with Crippen LogP contribution in [0.4, 0.5) is 0 Å². The van der Waals surface area contributed by atoms with Crippen LogP contribution >= 0.6 is 0 Å². The quantitative estimate of drug-likeness (QED) is 0.498. The molecule has 5 nitrogen and oxygen atoms in total. The molecule has 25 heavy (non-hydrogen) atoms. The lowest BCUT2D eigenvalue weighted by atomic mass is 10.0. The maximum Gasteiger partial charge on any atom is 0.336 e. The van der Waals surface area contributed by atoms with Gasteiger partial charge in [0.1, 0.15) is 11.3 Å². The summed E-state index contributed by atoms with van der Waals surface area (Å²) in [5.74, 6) is -0.593. The van der Waals surface area contributed by atoms with Crippen molar-refractivity contribution in [2.75, 3.05) is 0 Å². The summed E-state index contributed by atoms with van der Waals surface area (Å²) in [6, 6.07) is 15.3. The van der Waals surface area contributed by atoms with E-state index in [1.54, 1.807) is 69.3 Å². The Morgan fingerprint density at radius 1 is 0.920 bits per heavy atom. The van der Waals surface area contributed by atoms with Crippen molar-refractivity contribution in [2.24, 2.45) is 0 Å². The molecule has 0 aliphatic carbocycles. The van der Waals surface area contributed by atoms with Crippen molar-refractivity contribution < 1.29 is 19.1 Å². The summed E-state index contributed by atoms with van der Waals surface area (Å²) in [7, 11) is 0. The van der Waals surface area contributed by atoms with Gasteiger partial charge in [0.15, 0.2) is 5.78 Å². The molecule has 0 atom stereocenters. The summed E-state index contributed by atoms with van der Waals surface area (Å²) in [6.07, 6.45) is 0.285. The van der Waals surface area contributed by atoms with E-state index in [9.17, 15) is 14.4 Å². The Kier molecular flexibility index (Phi) is 5.70. The molecular weight excluding hydrogens is 318 g/mol. The smallest absolute Gasteiger partial charge is 0.336 e. The van der Waals surface area contributed by atoms with Gasteiger partial charge < -0.3 is 10.1 Å². The van der Waals surface area contributed by atoms with Crippen LogP contribution in [0.1, 0.15) is 43.1 Å². The molecule has 1 N–H and O–H groups in total. The Labute approximate surface area is 147 Å². The highest BCUT2D eigenvalue weighted by atomic mass is 16.5. The Hall–Kier alpha value is -2.95. The van der Waals surface area contributed by atoms with Crippen molar-refractivity contribution in [1.29, 1.82) is 0 Å². The number of carbonyl (C=O) groups is 3. The number of amides is 1. The summed E-state index contributed by atoms with van der Waals surface area (Å²) in [5, 5.41) is 2.61. The minimum Gasteiger partial charge on any atom is -0.425 e. The first kappa shape index (κ1) is 18.4. The van der Waals surface area contributed by atoms with Gasteiger partial charge in [-0.3, -0.25) is 9.59 Å². The van der Waals surface area contributed by atoms with Crippen molar-refractivity contribution >= 4 is 17.7 Å². The number of nitrogens with one attached hydrogen (secondary N) is 1. The van der Waals surface area contributed by atoms with Crippen molar-refractivity contribution in [3.05, 3.63) is 65.7 Å². The lowest BCUT2D eigenvalue weighted by molar-refractivity contribution is -0.143. The lowest BCUT2D eigenvalue weighted by Gasteiger charge is -2.23. The Morgan fingerprint density at radius 3 is 2.04 bits per heavy atom. The number of esters is 1. The molecule has 0 aliphatic rings. The Bertz CT molecular complexity index is 764. The topological polar surface area (TPSA) is 72.5 Å². The van der Waals surface area contributed by atoms with Crippen LogP contribution in [-0.4, -0.2) is 23.2 Å². The number of ketones is 1. The van der Waals surface area contributed by atoms with Crippen molar-refractivity contribution in [2.45, 2.75) is 32.7 Å². The molecule has 2 rings (SSSR count). The van der Waals surface area contributed by atoms with E-state index in [0.717, 1.165) is 0 Å². The van der Waals surface area contributed by atoms with E-state index < -0.39 is 11.5 Å². The van der Waals surface area contributed by atoms with Crippen molar-refractivity contribution in [3.8, 4) is 5.75 Å². The molecule has 130 valence electrons. The molecule has 0 radical (unpaired) electrons. The molecule has 0 fully saturated rings.